The van der Waals surface area contributed by atoms with E-state index in [1.54, 1.807) is 12.1 Å². The van der Waals surface area contributed by atoms with Crippen LogP contribution in [0.3, 0.4) is 0 Å². The number of hydrogen-bond acceptors (Lipinski definition) is 7. The standard InChI is InChI=1S/C24H31N5O3S2/c1-3-28(19-12-8-5-9-13-19)29-21-15-14-20(34(2,31)32)16-22(21)33-24(29)27-25-17-23(30)26-18-10-6-4-7-11-18/h4,6-7,10-11,14-16,19,25H,3,5,8-9,12-13,17H2,1-2H3,(H,26,30). The van der Waals surface area contributed by atoms with Crippen LogP contribution in [0, 0.1) is 0 Å². The summed E-state index contributed by atoms with van der Waals surface area (Å²) in [5.41, 5.74) is 4.55. The molecule has 182 valence electrons. The second-order valence-corrected chi connectivity index (χ2v) is 11.5. The monoisotopic (exact) mass is 501 g/mol. The van der Waals surface area contributed by atoms with Gasteiger partial charge in [0.05, 0.1) is 15.1 Å². The minimum atomic E-state index is -3.32. The lowest BCUT2D eigenvalue weighted by molar-refractivity contribution is -0.115. The van der Waals surface area contributed by atoms with Gasteiger partial charge in [-0.3, -0.25) is 10.2 Å². The number of benzene rings is 2. The van der Waals surface area contributed by atoms with Crippen LogP contribution >= 0.6 is 11.3 Å². The zero-order chi connectivity index (χ0) is 24.1. The van der Waals surface area contributed by atoms with Crippen LogP contribution in [0.4, 0.5) is 5.69 Å². The summed E-state index contributed by atoms with van der Waals surface area (Å²) < 4.78 is 27.1. The molecule has 0 saturated heterocycles. The maximum atomic E-state index is 12.3. The molecule has 10 heteroatoms. The summed E-state index contributed by atoms with van der Waals surface area (Å²) in [6.45, 7) is 2.94. The number of hydrogen-bond donors (Lipinski definition) is 2. The van der Waals surface area contributed by atoms with Gasteiger partial charge in [0.2, 0.25) is 10.7 Å². The third kappa shape index (κ3) is 5.61. The maximum Gasteiger partial charge on any atom is 0.245 e. The van der Waals surface area contributed by atoms with Gasteiger partial charge in [0.15, 0.2) is 9.84 Å². The van der Waals surface area contributed by atoms with Gasteiger partial charge in [-0.25, -0.2) is 13.1 Å². The molecule has 3 aromatic rings. The predicted octanol–water partition coefficient (Wildman–Crippen LogP) is 3.44. The summed E-state index contributed by atoms with van der Waals surface area (Å²) in [4.78, 5) is 13.3. The minimum Gasteiger partial charge on any atom is -0.325 e. The molecular formula is C24H31N5O3S2. The summed E-state index contributed by atoms with van der Waals surface area (Å²) in [7, 11) is -3.32. The lowest BCUT2D eigenvalue weighted by Crippen LogP contribution is -2.48. The van der Waals surface area contributed by atoms with Crippen LogP contribution in [-0.4, -0.2) is 44.4 Å². The topological polar surface area (TPSA) is 95.8 Å². The summed E-state index contributed by atoms with van der Waals surface area (Å²) in [5.74, 6) is -0.193. The average Bonchev–Trinajstić information content (AvgIpc) is 3.18. The zero-order valence-electron chi connectivity index (χ0n) is 19.5. The van der Waals surface area contributed by atoms with E-state index in [1.807, 2.05) is 36.4 Å². The number of anilines is 1. The lowest BCUT2D eigenvalue weighted by Gasteiger charge is -2.36. The molecule has 2 N–H and O–H groups in total. The Labute approximate surface area is 204 Å². The lowest BCUT2D eigenvalue weighted by atomic mass is 9.95. The van der Waals surface area contributed by atoms with E-state index in [4.69, 9.17) is 0 Å². The first kappa shape index (κ1) is 24.3. The van der Waals surface area contributed by atoms with E-state index in [1.165, 1.54) is 36.9 Å². The Hall–Kier alpha value is -2.85. The van der Waals surface area contributed by atoms with Crippen molar-refractivity contribution in [2.45, 2.75) is 50.0 Å². The highest BCUT2D eigenvalue weighted by Crippen LogP contribution is 2.26. The molecule has 2 aromatic carbocycles. The van der Waals surface area contributed by atoms with Crippen molar-refractivity contribution in [3.8, 4) is 0 Å². The Morgan fingerprint density at radius 2 is 1.88 bits per heavy atom. The molecule has 0 bridgehead atoms. The molecule has 1 aliphatic rings. The second-order valence-electron chi connectivity index (χ2n) is 8.51. The fourth-order valence-corrected chi connectivity index (χ4v) is 6.16. The van der Waals surface area contributed by atoms with Crippen molar-refractivity contribution in [3.05, 3.63) is 53.3 Å². The van der Waals surface area contributed by atoms with E-state index in [9.17, 15) is 13.2 Å². The molecule has 0 atom stereocenters. The minimum absolute atomic E-state index is 0.0211. The molecule has 1 amide bonds. The third-order valence-electron chi connectivity index (χ3n) is 6.02. The van der Waals surface area contributed by atoms with E-state index in [0.29, 0.717) is 10.8 Å². The highest BCUT2D eigenvalue weighted by molar-refractivity contribution is 7.90. The fourth-order valence-electron chi connectivity index (χ4n) is 4.39. The van der Waals surface area contributed by atoms with Crippen LogP contribution in [-0.2, 0) is 14.6 Å². The SMILES string of the molecule is CCN(C1CCCCC1)n1c(=NNCC(=O)Nc2ccccc2)sc2cc(S(C)(=O)=O)ccc21. The molecule has 1 aromatic heterocycles. The van der Waals surface area contributed by atoms with E-state index in [0.717, 1.165) is 35.3 Å². The van der Waals surface area contributed by atoms with E-state index >= 15 is 0 Å². The maximum absolute atomic E-state index is 12.3. The third-order valence-corrected chi connectivity index (χ3v) is 8.12. The van der Waals surface area contributed by atoms with Gasteiger partial charge in [-0.2, -0.15) is 0 Å². The van der Waals surface area contributed by atoms with E-state index in [2.05, 4.69) is 32.5 Å². The zero-order valence-corrected chi connectivity index (χ0v) is 21.2. The summed E-state index contributed by atoms with van der Waals surface area (Å²) >= 11 is 1.41. The number of aromatic nitrogens is 1. The van der Waals surface area contributed by atoms with Crippen LogP contribution < -0.4 is 20.6 Å². The Morgan fingerprint density at radius 1 is 1.15 bits per heavy atom. The van der Waals surface area contributed by atoms with Gasteiger partial charge in [0.1, 0.15) is 6.54 Å². The van der Waals surface area contributed by atoms with Crippen LogP contribution in [0.5, 0.6) is 0 Å². The average molecular weight is 502 g/mol. The van der Waals surface area contributed by atoms with Gasteiger partial charge in [-0.05, 0) is 50.1 Å². The molecule has 1 fully saturated rings. The smallest absolute Gasteiger partial charge is 0.245 e. The number of nitrogens with zero attached hydrogens (tertiary/aromatic N) is 3. The van der Waals surface area contributed by atoms with Crippen molar-refractivity contribution in [1.29, 1.82) is 0 Å². The molecule has 1 saturated carbocycles. The summed E-state index contributed by atoms with van der Waals surface area (Å²) in [6.07, 6.45) is 7.11. The van der Waals surface area contributed by atoms with Crippen LogP contribution in [0.25, 0.3) is 10.2 Å². The molecule has 0 aliphatic heterocycles. The number of carbonyl (C=O) groups is 1. The Morgan fingerprint density at radius 3 is 2.56 bits per heavy atom. The first-order valence-corrected chi connectivity index (χ1v) is 14.3. The van der Waals surface area contributed by atoms with Crippen LogP contribution in [0.15, 0.2) is 58.5 Å². The normalized spacial score (nSPS) is 15.4. The van der Waals surface area contributed by atoms with Crippen LogP contribution in [0.2, 0.25) is 0 Å². The molecule has 0 radical (unpaired) electrons. The molecule has 8 nitrogen and oxygen atoms in total. The van der Waals surface area contributed by atoms with Gasteiger partial charge in [0.25, 0.3) is 0 Å². The number of sulfone groups is 1. The number of thiazole rings is 1. The molecule has 1 heterocycles. The number of amides is 1. The number of carbonyl (C=O) groups excluding carboxylic acids is 1. The van der Waals surface area contributed by atoms with Crippen molar-refractivity contribution in [3.63, 3.8) is 0 Å². The molecule has 1 aliphatic carbocycles. The first-order chi connectivity index (χ1) is 16.4. The number of fused-ring (bicyclic) bond motifs is 1. The van der Waals surface area contributed by atoms with Crippen molar-refractivity contribution in [1.82, 2.24) is 10.1 Å². The Bertz CT molecular complexity index is 1310. The van der Waals surface area contributed by atoms with E-state index in [-0.39, 0.29) is 17.3 Å². The van der Waals surface area contributed by atoms with Crippen molar-refractivity contribution in [2.24, 2.45) is 5.10 Å². The fraction of sp³-hybridized carbons (Fsp3) is 0.417. The largest absolute Gasteiger partial charge is 0.325 e. The number of para-hydroxylation sites is 1. The van der Waals surface area contributed by atoms with Gasteiger partial charge >= 0.3 is 0 Å². The quantitative estimate of drug-likeness (QED) is 0.461. The summed E-state index contributed by atoms with van der Waals surface area (Å²) in [5, 5.41) is 9.72. The molecule has 0 unspecified atom stereocenters. The van der Waals surface area contributed by atoms with Gasteiger partial charge in [0, 0.05) is 24.5 Å². The first-order valence-electron chi connectivity index (χ1n) is 11.6. The Balaban J connectivity index is 1.67. The number of nitrogens with one attached hydrogen (secondary N) is 2. The molecule has 34 heavy (non-hydrogen) atoms. The molecule has 0 spiro atoms. The van der Waals surface area contributed by atoms with Crippen molar-refractivity contribution >= 4 is 43.0 Å². The predicted molar refractivity (Wildman–Crippen MR) is 137 cm³/mol. The second kappa shape index (κ2) is 10.6. The van der Waals surface area contributed by atoms with Crippen molar-refractivity contribution < 1.29 is 13.2 Å². The summed E-state index contributed by atoms with van der Waals surface area (Å²) in [6, 6.07) is 14.9. The van der Waals surface area contributed by atoms with Crippen LogP contribution in [0.1, 0.15) is 39.0 Å². The Kier molecular flexibility index (Phi) is 7.57. The van der Waals surface area contributed by atoms with E-state index < -0.39 is 9.84 Å². The molecule has 4 rings (SSSR count). The highest BCUT2D eigenvalue weighted by Gasteiger charge is 2.23. The highest BCUT2D eigenvalue weighted by atomic mass is 32.2. The van der Waals surface area contributed by atoms with Gasteiger partial charge in [-0.15, -0.1) is 5.10 Å². The van der Waals surface area contributed by atoms with Crippen molar-refractivity contribution in [2.75, 3.05) is 29.7 Å². The number of rotatable bonds is 8. The van der Waals surface area contributed by atoms with Gasteiger partial charge < -0.3 is 10.3 Å². The van der Waals surface area contributed by atoms with Gasteiger partial charge in [-0.1, -0.05) is 48.8 Å². The molecular weight excluding hydrogens is 470 g/mol.